The molecule has 3 unspecified atom stereocenters. The number of anilines is 2. The molecule has 1 N–H and O–H groups in total. The molecule has 0 saturated heterocycles. The molecule has 4 aromatic rings. The molecule has 4 nitrogen and oxygen atoms in total. The number of carbonyl (C=O) groups excluding carboxylic acids is 1. The van der Waals surface area contributed by atoms with Crippen molar-refractivity contribution in [3.05, 3.63) is 138 Å². The van der Waals surface area contributed by atoms with Crippen LogP contribution in [-0.4, -0.2) is 12.5 Å². The Morgan fingerprint density at radius 1 is 0.868 bits per heavy atom. The number of fused-ring (bicyclic) bond motifs is 3. The lowest BCUT2D eigenvalue weighted by molar-refractivity contribution is 0.0988. The smallest absolute Gasteiger partial charge is 0.260 e. The summed E-state index contributed by atoms with van der Waals surface area (Å²) in [6, 6.07) is 34.6. The Bertz CT molecular complexity index is 1450. The Kier molecular flexibility index (Phi) is 6.70. The van der Waals surface area contributed by atoms with Gasteiger partial charge < -0.3 is 15.0 Å². The maximum absolute atomic E-state index is 14.0. The van der Waals surface area contributed by atoms with Gasteiger partial charge in [-0.1, -0.05) is 91.0 Å². The first-order valence-corrected chi connectivity index (χ1v) is 13.4. The van der Waals surface area contributed by atoms with Crippen LogP contribution in [0.1, 0.15) is 52.4 Å². The highest BCUT2D eigenvalue weighted by atomic mass is 16.5. The number of benzene rings is 4. The molecule has 0 fully saturated rings. The molecule has 0 spiro atoms. The van der Waals surface area contributed by atoms with Gasteiger partial charge in [0, 0.05) is 23.7 Å². The Morgan fingerprint density at radius 2 is 1.58 bits per heavy atom. The average Bonchev–Trinajstić information content (AvgIpc) is 3.48. The summed E-state index contributed by atoms with van der Waals surface area (Å²) >= 11 is 0. The van der Waals surface area contributed by atoms with Crippen LogP contribution in [0.3, 0.4) is 0 Å². The Labute approximate surface area is 224 Å². The molecule has 3 atom stereocenters. The summed E-state index contributed by atoms with van der Waals surface area (Å²) in [5.74, 6) is 1.49. The van der Waals surface area contributed by atoms with Crippen molar-refractivity contribution < 1.29 is 9.53 Å². The second-order valence-corrected chi connectivity index (χ2v) is 9.94. The van der Waals surface area contributed by atoms with Crippen molar-refractivity contribution in [2.45, 2.75) is 31.9 Å². The molecule has 1 aliphatic carbocycles. The number of nitrogens with zero attached hydrogens (tertiary/aromatic N) is 1. The summed E-state index contributed by atoms with van der Waals surface area (Å²) in [5, 5.41) is 3.84. The lowest BCUT2D eigenvalue weighted by atomic mass is 9.76. The molecule has 190 valence electrons. The van der Waals surface area contributed by atoms with Crippen molar-refractivity contribution >= 4 is 17.3 Å². The van der Waals surface area contributed by atoms with Gasteiger partial charge in [0.15, 0.2) is 0 Å². The minimum Gasteiger partial charge on any atom is -0.489 e. The van der Waals surface area contributed by atoms with E-state index in [1.165, 1.54) is 5.56 Å². The number of para-hydroxylation sites is 3. The van der Waals surface area contributed by atoms with Crippen LogP contribution in [0, 0.1) is 5.92 Å². The van der Waals surface area contributed by atoms with Crippen molar-refractivity contribution in [1.29, 1.82) is 0 Å². The lowest BCUT2D eigenvalue weighted by Crippen LogP contribution is -2.34. The van der Waals surface area contributed by atoms with Gasteiger partial charge in [0.2, 0.25) is 0 Å². The van der Waals surface area contributed by atoms with Crippen molar-refractivity contribution in [1.82, 2.24) is 0 Å². The summed E-state index contributed by atoms with van der Waals surface area (Å²) < 4.78 is 6.37. The van der Waals surface area contributed by atoms with Crippen molar-refractivity contribution in [3.8, 4) is 5.75 Å². The number of hydrogen-bond donors (Lipinski definition) is 1. The average molecular weight is 501 g/mol. The SMILES string of the molecule is CCN(C(=O)c1cccc2c1NC(c1ccccc1OCc1ccccc1)C1CC=CC21)c1ccccc1. The number of rotatable bonds is 7. The molecule has 0 aromatic heterocycles. The van der Waals surface area contributed by atoms with E-state index in [2.05, 4.69) is 53.9 Å². The molecular formula is C34H32N2O2. The van der Waals surface area contributed by atoms with Gasteiger partial charge in [-0.05, 0) is 54.7 Å². The fraction of sp³-hybridized carbons (Fsp3) is 0.206. The summed E-state index contributed by atoms with van der Waals surface area (Å²) in [7, 11) is 0. The fourth-order valence-electron chi connectivity index (χ4n) is 5.91. The van der Waals surface area contributed by atoms with E-state index in [0.29, 0.717) is 24.6 Å². The molecule has 1 aliphatic heterocycles. The van der Waals surface area contributed by atoms with Crippen LogP contribution in [0.2, 0.25) is 0 Å². The molecule has 4 aromatic carbocycles. The van der Waals surface area contributed by atoms with Gasteiger partial charge in [-0.3, -0.25) is 4.79 Å². The Hall–Kier alpha value is -4.31. The minimum absolute atomic E-state index is 0.0100. The summed E-state index contributed by atoms with van der Waals surface area (Å²) in [4.78, 5) is 15.8. The van der Waals surface area contributed by atoms with Crippen LogP contribution in [0.5, 0.6) is 5.75 Å². The fourth-order valence-corrected chi connectivity index (χ4v) is 5.91. The molecule has 6 rings (SSSR count). The maximum Gasteiger partial charge on any atom is 0.260 e. The Balaban J connectivity index is 1.36. The highest BCUT2D eigenvalue weighted by Crippen LogP contribution is 2.52. The van der Waals surface area contributed by atoms with Crippen LogP contribution < -0.4 is 15.0 Å². The molecule has 1 heterocycles. The zero-order chi connectivity index (χ0) is 25.9. The number of carbonyl (C=O) groups is 1. The molecule has 0 radical (unpaired) electrons. The first-order valence-electron chi connectivity index (χ1n) is 13.4. The first kappa shape index (κ1) is 24.1. The van der Waals surface area contributed by atoms with Crippen LogP contribution in [0.15, 0.2) is 115 Å². The minimum atomic E-state index is 0.0100. The van der Waals surface area contributed by atoms with Crippen LogP contribution >= 0.6 is 0 Å². The van der Waals surface area contributed by atoms with Gasteiger partial charge in [-0.15, -0.1) is 0 Å². The van der Waals surface area contributed by atoms with E-state index < -0.39 is 0 Å². The second kappa shape index (κ2) is 10.6. The van der Waals surface area contributed by atoms with Gasteiger partial charge in [-0.25, -0.2) is 0 Å². The molecule has 4 heteroatoms. The molecule has 2 aliphatic rings. The van der Waals surface area contributed by atoms with Crippen LogP contribution in [-0.2, 0) is 6.61 Å². The number of ether oxygens (including phenoxy) is 1. The lowest BCUT2D eigenvalue weighted by Gasteiger charge is -2.39. The maximum atomic E-state index is 14.0. The number of amides is 1. The van der Waals surface area contributed by atoms with Gasteiger partial charge in [0.05, 0.1) is 17.3 Å². The highest BCUT2D eigenvalue weighted by Gasteiger charge is 2.40. The predicted octanol–water partition coefficient (Wildman–Crippen LogP) is 7.76. The topological polar surface area (TPSA) is 41.6 Å². The largest absolute Gasteiger partial charge is 0.489 e. The quantitative estimate of drug-likeness (QED) is 0.264. The zero-order valence-corrected chi connectivity index (χ0v) is 21.6. The van der Waals surface area contributed by atoms with Crippen LogP contribution in [0.4, 0.5) is 11.4 Å². The molecule has 1 amide bonds. The van der Waals surface area contributed by atoms with E-state index in [0.717, 1.165) is 34.7 Å². The van der Waals surface area contributed by atoms with Gasteiger partial charge in [0.1, 0.15) is 12.4 Å². The Morgan fingerprint density at radius 3 is 2.37 bits per heavy atom. The molecule has 0 saturated carbocycles. The third-order valence-corrected chi connectivity index (χ3v) is 7.75. The van der Waals surface area contributed by atoms with E-state index in [-0.39, 0.29) is 17.9 Å². The van der Waals surface area contributed by atoms with Crippen molar-refractivity contribution in [2.75, 3.05) is 16.8 Å². The predicted molar refractivity (Wildman–Crippen MR) is 154 cm³/mol. The molecular weight excluding hydrogens is 468 g/mol. The number of hydrogen-bond acceptors (Lipinski definition) is 3. The summed E-state index contributed by atoms with van der Waals surface area (Å²) in [6.07, 6.45) is 5.58. The highest BCUT2D eigenvalue weighted by molar-refractivity contribution is 6.10. The van der Waals surface area contributed by atoms with Gasteiger partial charge in [-0.2, -0.15) is 0 Å². The second-order valence-electron chi connectivity index (χ2n) is 9.94. The summed E-state index contributed by atoms with van der Waals surface area (Å²) in [6.45, 7) is 3.13. The third kappa shape index (κ3) is 4.47. The first-order chi connectivity index (χ1) is 18.7. The zero-order valence-electron chi connectivity index (χ0n) is 21.6. The number of nitrogens with one attached hydrogen (secondary N) is 1. The van der Waals surface area contributed by atoms with Gasteiger partial charge in [0.25, 0.3) is 5.91 Å². The normalized spacial score (nSPS) is 19.2. The van der Waals surface area contributed by atoms with Crippen molar-refractivity contribution in [3.63, 3.8) is 0 Å². The monoisotopic (exact) mass is 500 g/mol. The van der Waals surface area contributed by atoms with E-state index in [1.807, 2.05) is 78.6 Å². The van der Waals surface area contributed by atoms with E-state index in [4.69, 9.17) is 4.74 Å². The van der Waals surface area contributed by atoms with E-state index in [9.17, 15) is 4.79 Å². The standard InChI is InChI=1S/C34H32N2O2/c1-2-36(25-15-7-4-8-16-25)34(37)30-21-12-20-28-26-18-11-19-27(26)32(35-33(28)30)29-17-9-10-22-31(29)38-23-24-13-5-3-6-14-24/h3-18,20-22,26-27,32,35H,2,19,23H2,1H3. The van der Waals surface area contributed by atoms with E-state index >= 15 is 0 Å². The summed E-state index contributed by atoms with van der Waals surface area (Å²) in [5.41, 5.74) is 6.01. The van der Waals surface area contributed by atoms with Crippen molar-refractivity contribution in [2.24, 2.45) is 5.92 Å². The van der Waals surface area contributed by atoms with Crippen LogP contribution in [0.25, 0.3) is 0 Å². The van der Waals surface area contributed by atoms with E-state index in [1.54, 1.807) is 0 Å². The molecule has 0 bridgehead atoms. The number of allylic oxidation sites excluding steroid dienone is 2. The molecule has 38 heavy (non-hydrogen) atoms. The third-order valence-electron chi connectivity index (χ3n) is 7.75. The van der Waals surface area contributed by atoms with Gasteiger partial charge >= 0.3 is 0 Å².